The van der Waals surface area contributed by atoms with Gasteiger partial charge in [0.1, 0.15) is 0 Å². The van der Waals surface area contributed by atoms with Crippen LogP contribution in [0.2, 0.25) is 0 Å². The first-order valence-corrected chi connectivity index (χ1v) is 6.38. The lowest BCUT2D eigenvalue weighted by Gasteiger charge is -2.09. The molecule has 0 aliphatic carbocycles. The van der Waals surface area contributed by atoms with Crippen LogP contribution in [0.25, 0.3) is 0 Å². The average molecular weight is 337 g/mol. The molecule has 2 nitrogen and oxygen atoms in total. The minimum Gasteiger partial charge on any atom is -0.322 e. The monoisotopic (exact) mass is 337 g/mol. The van der Waals surface area contributed by atoms with E-state index in [0.29, 0.717) is 0 Å². The number of amides is 1. The number of hydrogen-bond acceptors (Lipinski definition) is 1. The van der Waals surface area contributed by atoms with Gasteiger partial charge in [0.2, 0.25) is 0 Å². The molecule has 0 radical (unpaired) electrons. The fourth-order valence-corrected chi connectivity index (χ4v) is 2.51. The third kappa shape index (κ3) is 2.85. The average Bonchev–Trinajstić information content (AvgIpc) is 2.30. The number of nitrogens with one attached hydrogen (secondary N) is 1. The molecule has 2 aromatic rings. The Morgan fingerprint density at radius 1 is 1.06 bits per heavy atom. The summed E-state index contributed by atoms with van der Waals surface area (Å²) in [6, 6.07) is 15.3. The van der Waals surface area contributed by atoms with Gasteiger partial charge in [-0.3, -0.25) is 4.79 Å². The molecule has 0 bridgehead atoms. The third-order valence-corrected chi connectivity index (χ3v) is 3.38. The van der Waals surface area contributed by atoms with E-state index < -0.39 is 0 Å². The van der Waals surface area contributed by atoms with Crippen LogP contribution in [0.3, 0.4) is 0 Å². The van der Waals surface area contributed by atoms with Gasteiger partial charge in [-0.1, -0.05) is 30.3 Å². The highest BCUT2D eigenvalue weighted by molar-refractivity contribution is 14.1. The van der Waals surface area contributed by atoms with Crippen LogP contribution in [0.1, 0.15) is 15.9 Å². The first-order chi connectivity index (χ1) is 8.18. The number of hydrogen-bond donors (Lipinski definition) is 1. The fraction of sp³-hybridized carbons (Fsp3) is 0.0714. The number of halogens is 1. The van der Waals surface area contributed by atoms with Gasteiger partial charge in [-0.05, 0) is 53.3 Å². The summed E-state index contributed by atoms with van der Waals surface area (Å²) >= 11 is 2.18. The molecule has 2 rings (SSSR count). The Labute approximate surface area is 114 Å². The largest absolute Gasteiger partial charge is 0.322 e. The predicted octanol–water partition coefficient (Wildman–Crippen LogP) is 3.85. The Kier molecular flexibility index (Phi) is 3.78. The zero-order chi connectivity index (χ0) is 12.3. The van der Waals surface area contributed by atoms with Crippen LogP contribution >= 0.6 is 22.6 Å². The Bertz CT molecular complexity index is 517. The van der Waals surface area contributed by atoms with Gasteiger partial charge in [-0.25, -0.2) is 0 Å². The molecule has 2 aromatic carbocycles. The van der Waals surface area contributed by atoms with Gasteiger partial charge in [0, 0.05) is 9.26 Å². The number of aryl methyl sites for hydroxylation is 1. The van der Waals surface area contributed by atoms with E-state index in [-0.39, 0.29) is 5.91 Å². The van der Waals surface area contributed by atoms with Crippen molar-refractivity contribution in [3.8, 4) is 0 Å². The summed E-state index contributed by atoms with van der Waals surface area (Å²) in [5.74, 6) is -0.0568. The molecule has 1 N–H and O–H groups in total. The zero-order valence-electron chi connectivity index (χ0n) is 9.41. The maximum absolute atomic E-state index is 12.1. The van der Waals surface area contributed by atoms with Gasteiger partial charge in [0.15, 0.2) is 0 Å². The summed E-state index contributed by atoms with van der Waals surface area (Å²) in [6.45, 7) is 1.95. The second-order valence-corrected chi connectivity index (χ2v) is 4.91. The number of benzene rings is 2. The van der Waals surface area contributed by atoms with Gasteiger partial charge >= 0.3 is 0 Å². The van der Waals surface area contributed by atoms with E-state index in [1.54, 1.807) is 0 Å². The number of para-hydroxylation sites is 1. The lowest BCUT2D eigenvalue weighted by atomic mass is 10.1. The number of anilines is 1. The molecule has 86 valence electrons. The summed E-state index contributed by atoms with van der Waals surface area (Å²) in [5, 5.41) is 2.90. The second-order valence-electron chi connectivity index (χ2n) is 3.75. The predicted molar refractivity (Wildman–Crippen MR) is 78.3 cm³/mol. The summed E-state index contributed by atoms with van der Waals surface area (Å²) in [5.41, 5.74) is 2.55. The fourth-order valence-electron chi connectivity index (χ4n) is 1.63. The highest BCUT2D eigenvalue weighted by Crippen LogP contribution is 2.18. The van der Waals surface area contributed by atoms with E-state index in [0.717, 1.165) is 20.4 Å². The molecule has 0 heterocycles. The van der Waals surface area contributed by atoms with Crippen molar-refractivity contribution in [3.63, 3.8) is 0 Å². The Morgan fingerprint density at radius 2 is 1.76 bits per heavy atom. The van der Waals surface area contributed by atoms with Crippen molar-refractivity contribution in [1.82, 2.24) is 0 Å². The quantitative estimate of drug-likeness (QED) is 0.829. The molecule has 0 aromatic heterocycles. The molecule has 0 saturated heterocycles. The lowest BCUT2D eigenvalue weighted by Crippen LogP contribution is -2.14. The van der Waals surface area contributed by atoms with Crippen molar-refractivity contribution in [2.75, 3.05) is 5.32 Å². The van der Waals surface area contributed by atoms with E-state index in [4.69, 9.17) is 0 Å². The Morgan fingerprint density at radius 3 is 2.41 bits per heavy atom. The van der Waals surface area contributed by atoms with Gasteiger partial charge in [0.05, 0.1) is 5.56 Å². The smallest absolute Gasteiger partial charge is 0.257 e. The van der Waals surface area contributed by atoms with Crippen LogP contribution in [0.5, 0.6) is 0 Å². The number of carbonyl (C=O) groups is 1. The molecule has 0 aliphatic rings. The van der Waals surface area contributed by atoms with Crippen LogP contribution in [-0.2, 0) is 0 Å². The topological polar surface area (TPSA) is 29.1 Å². The van der Waals surface area contributed by atoms with Gasteiger partial charge in [0.25, 0.3) is 5.91 Å². The molecule has 0 spiro atoms. The van der Waals surface area contributed by atoms with Crippen LogP contribution < -0.4 is 5.32 Å². The van der Waals surface area contributed by atoms with E-state index in [1.807, 2.05) is 55.5 Å². The van der Waals surface area contributed by atoms with Crippen molar-refractivity contribution >= 4 is 34.2 Å². The van der Waals surface area contributed by atoms with Crippen molar-refractivity contribution in [1.29, 1.82) is 0 Å². The van der Waals surface area contributed by atoms with Crippen LogP contribution in [0.4, 0.5) is 5.69 Å². The van der Waals surface area contributed by atoms with Crippen LogP contribution in [-0.4, -0.2) is 5.91 Å². The van der Waals surface area contributed by atoms with E-state index in [1.165, 1.54) is 0 Å². The van der Waals surface area contributed by atoms with Crippen LogP contribution in [0.15, 0.2) is 48.5 Å². The maximum atomic E-state index is 12.1. The van der Waals surface area contributed by atoms with Crippen molar-refractivity contribution in [2.24, 2.45) is 0 Å². The minimum atomic E-state index is -0.0568. The first kappa shape index (κ1) is 12.1. The molecule has 0 unspecified atom stereocenters. The Hall–Kier alpha value is -1.36. The molecule has 0 aliphatic heterocycles. The number of carbonyl (C=O) groups excluding carboxylic acids is 1. The summed E-state index contributed by atoms with van der Waals surface area (Å²) in [6.07, 6.45) is 0. The normalized spacial score (nSPS) is 10.0. The Balaban J connectivity index is 2.27. The molecule has 1 amide bonds. The molecular weight excluding hydrogens is 325 g/mol. The van der Waals surface area contributed by atoms with Crippen molar-refractivity contribution in [3.05, 3.63) is 63.2 Å². The molecule has 0 atom stereocenters. The van der Waals surface area contributed by atoms with Crippen molar-refractivity contribution in [2.45, 2.75) is 6.92 Å². The molecule has 3 heteroatoms. The molecule has 0 saturated carbocycles. The maximum Gasteiger partial charge on any atom is 0.257 e. The van der Waals surface area contributed by atoms with E-state index in [9.17, 15) is 4.79 Å². The molecule has 17 heavy (non-hydrogen) atoms. The lowest BCUT2D eigenvalue weighted by molar-refractivity contribution is 0.102. The zero-order valence-corrected chi connectivity index (χ0v) is 11.6. The van der Waals surface area contributed by atoms with Gasteiger partial charge in [-0.2, -0.15) is 0 Å². The highest BCUT2D eigenvalue weighted by atomic mass is 127. The summed E-state index contributed by atoms with van der Waals surface area (Å²) < 4.78 is 0.969. The number of rotatable bonds is 2. The summed E-state index contributed by atoms with van der Waals surface area (Å²) in [4.78, 5) is 12.1. The standard InChI is InChI=1S/C14H12INO/c1-10-6-5-9-12(15)13(10)14(17)16-11-7-3-2-4-8-11/h2-9H,1H3,(H,16,17). The van der Waals surface area contributed by atoms with Crippen LogP contribution in [0, 0.1) is 10.5 Å². The third-order valence-electron chi connectivity index (χ3n) is 2.48. The summed E-state index contributed by atoms with van der Waals surface area (Å²) in [7, 11) is 0. The SMILES string of the molecule is Cc1cccc(I)c1C(=O)Nc1ccccc1. The van der Waals surface area contributed by atoms with E-state index in [2.05, 4.69) is 27.9 Å². The second kappa shape index (κ2) is 5.31. The van der Waals surface area contributed by atoms with Gasteiger partial charge in [-0.15, -0.1) is 0 Å². The highest BCUT2D eigenvalue weighted by Gasteiger charge is 2.12. The molecular formula is C14H12INO. The molecule has 0 fully saturated rings. The first-order valence-electron chi connectivity index (χ1n) is 5.30. The van der Waals surface area contributed by atoms with E-state index >= 15 is 0 Å². The van der Waals surface area contributed by atoms with Crippen molar-refractivity contribution < 1.29 is 4.79 Å². The minimum absolute atomic E-state index is 0.0568. The van der Waals surface area contributed by atoms with Gasteiger partial charge < -0.3 is 5.32 Å².